The highest BCUT2D eigenvalue weighted by Gasteiger charge is 2.55. The molecule has 2 aromatic rings. The number of phenolic OH excluding ortho intramolecular Hbond substituents is 1. The van der Waals surface area contributed by atoms with Crippen molar-refractivity contribution in [2.24, 2.45) is 0 Å². The summed E-state index contributed by atoms with van der Waals surface area (Å²) in [6.07, 6.45) is 1.63. The summed E-state index contributed by atoms with van der Waals surface area (Å²) in [5.41, 5.74) is 0.0139. The summed E-state index contributed by atoms with van der Waals surface area (Å²) in [5.74, 6) is -1.67. The molecule has 2 aliphatic heterocycles. The minimum absolute atomic E-state index is 0.00959. The Labute approximate surface area is 179 Å². The molecule has 2 aliphatic rings. The molecule has 7 heteroatoms. The summed E-state index contributed by atoms with van der Waals surface area (Å²) in [4.78, 5) is 25.3. The molecule has 7 nitrogen and oxygen atoms in total. The topological polar surface area (TPSA) is 102 Å². The Balaban J connectivity index is 1.78. The van der Waals surface area contributed by atoms with Crippen LogP contribution in [0.5, 0.6) is 11.5 Å². The number of rotatable bonds is 4. The molecule has 0 unspecified atom stereocenters. The van der Waals surface area contributed by atoms with Gasteiger partial charge in [-0.05, 0) is 61.6 Å². The van der Waals surface area contributed by atoms with E-state index >= 15 is 0 Å². The fourth-order valence-electron chi connectivity index (χ4n) is 4.16. The minimum atomic E-state index is -1.85. The van der Waals surface area contributed by atoms with Gasteiger partial charge in [0, 0.05) is 6.42 Å². The molecule has 0 amide bonds. The van der Waals surface area contributed by atoms with Gasteiger partial charge in [-0.3, -0.25) is 0 Å². The number of cyclic esters (lactones) is 1. The van der Waals surface area contributed by atoms with Crippen molar-refractivity contribution in [3.05, 3.63) is 64.9 Å². The van der Waals surface area contributed by atoms with Crippen LogP contribution in [0.2, 0.25) is 0 Å². The van der Waals surface area contributed by atoms with Crippen molar-refractivity contribution in [1.29, 1.82) is 0 Å². The lowest BCUT2D eigenvalue weighted by Gasteiger charge is -2.33. The molecule has 0 aromatic heterocycles. The molecule has 162 valence electrons. The number of ether oxygens (including phenoxy) is 3. The summed E-state index contributed by atoms with van der Waals surface area (Å²) in [7, 11) is 1.20. The van der Waals surface area contributed by atoms with E-state index in [4.69, 9.17) is 14.2 Å². The Morgan fingerprint density at radius 2 is 1.81 bits per heavy atom. The minimum Gasteiger partial charge on any atom is -0.508 e. The molecule has 0 fully saturated rings. The maximum absolute atomic E-state index is 12.9. The van der Waals surface area contributed by atoms with Gasteiger partial charge in [-0.1, -0.05) is 24.3 Å². The van der Waals surface area contributed by atoms with Crippen LogP contribution in [0.15, 0.2) is 48.2 Å². The monoisotopic (exact) mass is 424 g/mol. The standard InChI is InChI=1S/C24H24O7/c1-23(2)11-10-16-12-14(4-9-18(16)30-23)13-24(22(28)29-3)19(20(26)21(27)31-24)15-5-7-17(25)8-6-15/h4-9,12,25-26H,10-11,13H2,1-3H3/t24-/m1/s1. The van der Waals surface area contributed by atoms with Gasteiger partial charge in [-0.25, -0.2) is 9.59 Å². The number of phenols is 1. The number of carbonyl (C=O) groups is 2. The van der Waals surface area contributed by atoms with Crippen LogP contribution in [-0.2, 0) is 31.9 Å². The Bertz CT molecular complexity index is 1080. The van der Waals surface area contributed by atoms with Gasteiger partial charge < -0.3 is 24.4 Å². The number of aliphatic hydroxyl groups excluding tert-OH is 1. The average Bonchev–Trinajstić information content (AvgIpc) is 2.98. The second-order valence-electron chi connectivity index (χ2n) is 8.46. The third-order valence-corrected chi connectivity index (χ3v) is 5.73. The first kappa shape index (κ1) is 20.8. The van der Waals surface area contributed by atoms with E-state index in [1.165, 1.54) is 31.4 Å². The van der Waals surface area contributed by atoms with E-state index in [1.807, 2.05) is 32.0 Å². The van der Waals surface area contributed by atoms with Gasteiger partial charge in [-0.15, -0.1) is 0 Å². The largest absolute Gasteiger partial charge is 0.508 e. The van der Waals surface area contributed by atoms with Crippen LogP contribution in [0.3, 0.4) is 0 Å². The molecule has 31 heavy (non-hydrogen) atoms. The van der Waals surface area contributed by atoms with Crippen LogP contribution in [0.4, 0.5) is 0 Å². The van der Waals surface area contributed by atoms with Gasteiger partial charge in [-0.2, -0.15) is 0 Å². The lowest BCUT2D eigenvalue weighted by Crippen LogP contribution is -2.44. The predicted molar refractivity (Wildman–Crippen MR) is 112 cm³/mol. The van der Waals surface area contributed by atoms with Crippen LogP contribution in [0.1, 0.15) is 37.0 Å². The Hall–Kier alpha value is -3.48. The lowest BCUT2D eigenvalue weighted by atomic mass is 9.82. The summed E-state index contributed by atoms with van der Waals surface area (Å²) in [6, 6.07) is 11.4. The van der Waals surface area contributed by atoms with Gasteiger partial charge in [0.15, 0.2) is 0 Å². The third-order valence-electron chi connectivity index (χ3n) is 5.73. The maximum Gasteiger partial charge on any atom is 0.375 e. The normalized spacial score (nSPS) is 21.8. The van der Waals surface area contributed by atoms with E-state index in [-0.39, 0.29) is 23.3 Å². The third kappa shape index (κ3) is 3.60. The molecule has 0 radical (unpaired) electrons. The van der Waals surface area contributed by atoms with Crippen molar-refractivity contribution < 1.29 is 34.0 Å². The smallest absolute Gasteiger partial charge is 0.375 e. The van der Waals surface area contributed by atoms with E-state index in [2.05, 4.69) is 0 Å². The van der Waals surface area contributed by atoms with E-state index < -0.39 is 23.3 Å². The Kier molecular flexibility index (Phi) is 4.92. The molecular weight excluding hydrogens is 400 g/mol. The second-order valence-corrected chi connectivity index (χ2v) is 8.46. The molecule has 4 rings (SSSR count). The van der Waals surface area contributed by atoms with Crippen LogP contribution in [-0.4, -0.2) is 40.5 Å². The molecule has 2 aromatic carbocycles. The second kappa shape index (κ2) is 7.34. The highest BCUT2D eigenvalue weighted by atomic mass is 16.6. The molecule has 0 spiro atoms. The van der Waals surface area contributed by atoms with Gasteiger partial charge in [0.1, 0.15) is 17.1 Å². The van der Waals surface area contributed by atoms with E-state index in [9.17, 15) is 19.8 Å². The number of aliphatic hydroxyl groups is 1. The molecule has 2 N–H and O–H groups in total. The fraction of sp³-hybridized carbons (Fsp3) is 0.333. The van der Waals surface area contributed by atoms with Gasteiger partial charge in [0.2, 0.25) is 11.4 Å². The molecule has 0 aliphatic carbocycles. The Morgan fingerprint density at radius 3 is 2.48 bits per heavy atom. The van der Waals surface area contributed by atoms with Gasteiger partial charge in [0.05, 0.1) is 12.7 Å². The van der Waals surface area contributed by atoms with E-state index in [0.717, 1.165) is 29.7 Å². The quantitative estimate of drug-likeness (QED) is 0.725. The first-order valence-corrected chi connectivity index (χ1v) is 10.0. The molecule has 2 heterocycles. The number of aryl methyl sites for hydroxylation is 1. The zero-order chi connectivity index (χ0) is 22.4. The summed E-state index contributed by atoms with van der Waals surface area (Å²) >= 11 is 0. The highest BCUT2D eigenvalue weighted by Crippen LogP contribution is 2.43. The maximum atomic E-state index is 12.9. The Morgan fingerprint density at radius 1 is 1.10 bits per heavy atom. The van der Waals surface area contributed by atoms with Crippen LogP contribution >= 0.6 is 0 Å². The summed E-state index contributed by atoms with van der Waals surface area (Å²) in [5, 5.41) is 20.1. The number of fused-ring (bicyclic) bond motifs is 1. The van der Waals surface area contributed by atoms with Crippen molar-refractivity contribution in [3.8, 4) is 11.5 Å². The fourth-order valence-corrected chi connectivity index (χ4v) is 4.16. The van der Waals surface area contributed by atoms with Crippen LogP contribution in [0.25, 0.3) is 5.57 Å². The van der Waals surface area contributed by atoms with Crippen molar-refractivity contribution in [2.75, 3.05) is 7.11 Å². The number of methoxy groups -OCH3 is 1. The van der Waals surface area contributed by atoms with Crippen molar-refractivity contribution in [2.45, 2.75) is 44.3 Å². The zero-order valence-corrected chi connectivity index (χ0v) is 17.6. The van der Waals surface area contributed by atoms with Crippen molar-refractivity contribution >= 4 is 17.5 Å². The average molecular weight is 424 g/mol. The number of hydrogen-bond acceptors (Lipinski definition) is 7. The molecular formula is C24H24O7. The molecule has 1 atom stereocenters. The van der Waals surface area contributed by atoms with Crippen molar-refractivity contribution in [1.82, 2.24) is 0 Å². The van der Waals surface area contributed by atoms with E-state index in [1.54, 1.807) is 0 Å². The van der Waals surface area contributed by atoms with Gasteiger partial charge in [0.25, 0.3) is 0 Å². The zero-order valence-electron chi connectivity index (χ0n) is 17.6. The summed E-state index contributed by atoms with van der Waals surface area (Å²) in [6.45, 7) is 4.07. The number of benzene rings is 2. The van der Waals surface area contributed by atoms with Crippen molar-refractivity contribution in [3.63, 3.8) is 0 Å². The predicted octanol–water partition coefficient (Wildman–Crippen LogP) is 3.48. The number of carbonyl (C=O) groups excluding carboxylic acids is 2. The SMILES string of the molecule is COC(=O)[C@]1(Cc2ccc3c(c2)CCC(C)(C)O3)OC(=O)C(O)=C1c1ccc(O)cc1. The lowest BCUT2D eigenvalue weighted by molar-refractivity contribution is -0.169. The first-order valence-electron chi connectivity index (χ1n) is 10.0. The highest BCUT2D eigenvalue weighted by molar-refractivity contribution is 6.11. The van der Waals surface area contributed by atoms with Crippen LogP contribution in [0, 0.1) is 0 Å². The van der Waals surface area contributed by atoms with Gasteiger partial charge >= 0.3 is 11.9 Å². The van der Waals surface area contributed by atoms with E-state index in [0.29, 0.717) is 5.56 Å². The molecule has 0 saturated carbocycles. The molecule has 0 bridgehead atoms. The van der Waals surface area contributed by atoms with Crippen LogP contribution < -0.4 is 4.74 Å². The molecule has 0 saturated heterocycles. The number of aromatic hydroxyl groups is 1. The first-order chi connectivity index (χ1) is 14.6. The number of hydrogen-bond donors (Lipinski definition) is 2. The number of esters is 2. The summed E-state index contributed by atoms with van der Waals surface area (Å²) < 4.78 is 16.5.